The molecule has 2 rings (SSSR count). The summed E-state index contributed by atoms with van der Waals surface area (Å²) in [6.45, 7) is 4.22. The van der Waals surface area contributed by atoms with Crippen LogP contribution in [-0.4, -0.2) is 0 Å². The maximum Gasteiger partial charge on any atom is 0.105 e. The third-order valence-electron chi connectivity index (χ3n) is 2.09. The lowest BCUT2D eigenvalue weighted by atomic mass is 10.1. The molecule has 1 aliphatic heterocycles. The number of hydrogen-bond acceptors (Lipinski definition) is 1. The van der Waals surface area contributed by atoms with Crippen LogP contribution >= 0.6 is 8.81 Å². The lowest BCUT2D eigenvalue weighted by molar-refractivity contribution is 0.556. The second-order valence-corrected chi connectivity index (χ2v) is 3.96. The molecule has 1 aromatic carbocycles. The normalized spacial score (nSPS) is 16.7. The monoisotopic (exact) mass is 178 g/mol. The number of hydrogen-bond donors (Lipinski definition) is 0. The second kappa shape index (κ2) is 2.91. The summed E-state index contributed by atoms with van der Waals surface area (Å²) in [6.07, 6.45) is 1.85. The average molecular weight is 178 g/mol. The average Bonchev–Trinajstić information content (AvgIpc) is 2.07. The zero-order chi connectivity index (χ0) is 8.55. The van der Waals surface area contributed by atoms with E-state index >= 15 is 0 Å². The van der Waals surface area contributed by atoms with Crippen LogP contribution in [0.2, 0.25) is 0 Å². The summed E-state index contributed by atoms with van der Waals surface area (Å²) in [5.41, 5.74) is 3.91. The van der Waals surface area contributed by atoms with Gasteiger partial charge in [-0.2, -0.15) is 0 Å². The minimum atomic E-state index is 0.481. The Morgan fingerprint density at radius 2 is 2.08 bits per heavy atom. The highest BCUT2D eigenvalue weighted by Crippen LogP contribution is 2.28. The molecule has 0 N–H and O–H groups in total. The van der Waals surface area contributed by atoms with Crippen molar-refractivity contribution in [1.82, 2.24) is 0 Å². The van der Waals surface area contributed by atoms with E-state index in [1.165, 1.54) is 22.0 Å². The van der Waals surface area contributed by atoms with Gasteiger partial charge >= 0.3 is 0 Å². The Labute approximate surface area is 74.3 Å². The van der Waals surface area contributed by atoms with Crippen LogP contribution in [-0.2, 0) is 4.52 Å². The molecule has 1 nitrogen and oxygen atoms in total. The molecule has 0 fully saturated rings. The molecule has 12 heavy (non-hydrogen) atoms. The summed E-state index contributed by atoms with van der Waals surface area (Å²) >= 11 is 0. The standard InChI is InChI=1S/C10H11OP/c1-7-4-3-5-9-8(2)6-11-12-10(7)9/h3-6,12H,1-2H3. The Balaban J connectivity index is 2.62. The van der Waals surface area contributed by atoms with Gasteiger partial charge < -0.3 is 4.52 Å². The summed E-state index contributed by atoms with van der Waals surface area (Å²) < 4.78 is 5.35. The first kappa shape index (κ1) is 7.82. The first-order valence-electron chi connectivity index (χ1n) is 3.97. The third kappa shape index (κ3) is 1.15. The van der Waals surface area contributed by atoms with Gasteiger partial charge in [-0.1, -0.05) is 18.2 Å². The van der Waals surface area contributed by atoms with Gasteiger partial charge in [0, 0.05) is 5.30 Å². The van der Waals surface area contributed by atoms with E-state index in [1.807, 2.05) is 6.26 Å². The smallest absolute Gasteiger partial charge is 0.105 e. The van der Waals surface area contributed by atoms with Gasteiger partial charge in [0.25, 0.3) is 0 Å². The lowest BCUT2D eigenvalue weighted by Gasteiger charge is -2.16. The predicted molar refractivity (Wildman–Crippen MR) is 53.9 cm³/mol. The zero-order valence-corrected chi connectivity index (χ0v) is 8.22. The Morgan fingerprint density at radius 1 is 1.25 bits per heavy atom. The maximum atomic E-state index is 5.35. The fourth-order valence-electron chi connectivity index (χ4n) is 1.37. The molecule has 1 heterocycles. The van der Waals surface area contributed by atoms with Crippen LogP contribution in [0.25, 0.3) is 5.57 Å². The molecule has 0 saturated carbocycles. The third-order valence-corrected chi connectivity index (χ3v) is 3.20. The first-order chi connectivity index (χ1) is 5.79. The van der Waals surface area contributed by atoms with Crippen LogP contribution in [0.1, 0.15) is 18.1 Å². The van der Waals surface area contributed by atoms with Crippen LogP contribution in [0, 0.1) is 6.92 Å². The predicted octanol–water partition coefficient (Wildman–Crippen LogP) is 2.60. The van der Waals surface area contributed by atoms with Crippen molar-refractivity contribution in [2.24, 2.45) is 0 Å². The minimum absolute atomic E-state index is 0.481. The van der Waals surface area contributed by atoms with Crippen LogP contribution < -0.4 is 5.30 Å². The molecular formula is C10H11OP. The van der Waals surface area contributed by atoms with Crippen molar-refractivity contribution in [3.8, 4) is 0 Å². The molecule has 0 saturated heterocycles. The minimum Gasteiger partial charge on any atom is -0.480 e. The Hall–Kier alpha value is -0.810. The molecule has 1 unspecified atom stereocenters. The van der Waals surface area contributed by atoms with Gasteiger partial charge in [0.15, 0.2) is 0 Å². The molecule has 1 aliphatic rings. The highest BCUT2D eigenvalue weighted by atomic mass is 31.1. The van der Waals surface area contributed by atoms with E-state index in [4.69, 9.17) is 4.52 Å². The fraction of sp³-hybridized carbons (Fsp3) is 0.200. The van der Waals surface area contributed by atoms with Crippen molar-refractivity contribution < 1.29 is 4.52 Å². The number of aryl methyl sites for hydroxylation is 1. The molecule has 2 heteroatoms. The van der Waals surface area contributed by atoms with Crippen LogP contribution in [0.15, 0.2) is 24.5 Å². The number of rotatable bonds is 0. The molecule has 0 aromatic heterocycles. The van der Waals surface area contributed by atoms with Gasteiger partial charge in [-0.15, -0.1) is 0 Å². The summed E-state index contributed by atoms with van der Waals surface area (Å²) in [5.74, 6) is 0. The SMILES string of the molecule is CC1=COPc2c(C)cccc21. The summed E-state index contributed by atoms with van der Waals surface area (Å²) in [7, 11) is 0.481. The van der Waals surface area contributed by atoms with Gasteiger partial charge in [0.1, 0.15) is 8.81 Å². The van der Waals surface area contributed by atoms with Crippen molar-refractivity contribution in [1.29, 1.82) is 0 Å². The van der Waals surface area contributed by atoms with E-state index in [1.54, 1.807) is 0 Å². The quantitative estimate of drug-likeness (QED) is 0.555. The van der Waals surface area contributed by atoms with Crippen molar-refractivity contribution in [2.75, 3.05) is 0 Å². The van der Waals surface area contributed by atoms with E-state index < -0.39 is 0 Å². The number of allylic oxidation sites excluding steroid dienone is 1. The second-order valence-electron chi connectivity index (χ2n) is 3.02. The molecule has 0 amide bonds. The fourth-order valence-corrected chi connectivity index (χ4v) is 2.36. The van der Waals surface area contributed by atoms with Gasteiger partial charge in [-0.05, 0) is 30.5 Å². The Bertz CT molecular complexity index is 342. The Kier molecular flexibility index (Phi) is 1.90. The molecule has 0 aliphatic carbocycles. The molecule has 62 valence electrons. The van der Waals surface area contributed by atoms with Crippen molar-refractivity contribution in [3.63, 3.8) is 0 Å². The number of fused-ring (bicyclic) bond motifs is 1. The van der Waals surface area contributed by atoms with E-state index in [-0.39, 0.29) is 0 Å². The van der Waals surface area contributed by atoms with Crippen molar-refractivity contribution in [3.05, 3.63) is 35.6 Å². The summed E-state index contributed by atoms with van der Waals surface area (Å²) in [6, 6.07) is 6.39. The molecular weight excluding hydrogens is 167 g/mol. The molecule has 1 aromatic rings. The molecule has 1 atom stereocenters. The van der Waals surface area contributed by atoms with Crippen LogP contribution in [0.5, 0.6) is 0 Å². The van der Waals surface area contributed by atoms with Crippen molar-refractivity contribution in [2.45, 2.75) is 13.8 Å². The van der Waals surface area contributed by atoms with Crippen LogP contribution in [0.3, 0.4) is 0 Å². The highest BCUT2D eigenvalue weighted by Gasteiger charge is 2.11. The van der Waals surface area contributed by atoms with Gasteiger partial charge in [0.05, 0.1) is 6.26 Å². The lowest BCUT2D eigenvalue weighted by Crippen LogP contribution is -2.09. The van der Waals surface area contributed by atoms with Gasteiger partial charge in [-0.3, -0.25) is 0 Å². The molecule has 0 radical (unpaired) electrons. The maximum absolute atomic E-state index is 5.35. The van der Waals surface area contributed by atoms with E-state index in [2.05, 4.69) is 32.0 Å². The van der Waals surface area contributed by atoms with E-state index in [0.29, 0.717) is 8.81 Å². The summed E-state index contributed by atoms with van der Waals surface area (Å²) in [5, 5.41) is 1.36. The largest absolute Gasteiger partial charge is 0.480 e. The van der Waals surface area contributed by atoms with E-state index in [9.17, 15) is 0 Å². The molecule has 0 bridgehead atoms. The highest BCUT2D eigenvalue weighted by molar-refractivity contribution is 7.42. The van der Waals surface area contributed by atoms with Gasteiger partial charge in [0.2, 0.25) is 0 Å². The van der Waals surface area contributed by atoms with Crippen LogP contribution in [0.4, 0.5) is 0 Å². The Morgan fingerprint density at radius 3 is 2.83 bits per heavy atom. The zero-order valence-electron chi connectivity index (χ0n) is 7.22. The van der Waals surface area contributed by atoms with Crippen molar-refractivity contribution >= 4 is 19.7 Å². The first-order valence-corrected chi connectivity index (χ1v) is 4.88. The summed E-state index contributed by atoms with van der Waals surface area (Å²) in [4.78, 5) is 0. The number of benzene rings is 1. The van der Waals surface area contributed by atoms with E-state index in [0.717, 1.165) is 0 Å². The van der Waals surface area contributed by atoms with Gasteiger partial charge in [-0.25, -0.2) is 0 Å². The topological polar surface area (TPSA) is 9.23 Å². The molecule has 0 spiro atoms.